The minimum Gasteiger partial charge on any atom is -0.487 e. The van der Waals surface area contributed by atoms with Gasteiger partial charge in [0.1, 0.15) is 23.7 Å². The predicted octanol–water partition coefficient (Wildman–Crippen LogP) is 3.25. The number of nitrogens with one attached hydrogen (secondary N) is 1. The number of aryl methyl sites for hydroxylation is 1. The van der Waals surface area contributed by atoms with Gasteiger partial charge in [0.05, 0.1) is 10.6 Å². The maximum atomic E-state index is 12.5. The van der Waals surface area contributed by atoms with Crippen molar-refractivity contribution < 1.29 is 17.9 Å². The van der Waals surface area contributed by atoms with Crippen LogP contribution in [0.4, 0.5) is 0 Å². The van der Waals surface area contributed by atoms with Crippen LogP contribution >= 0.6 is 0 Å². The number of fused-ring (bicyclic) bond motifs is 1. The summed E-state index contributed by atoms with van der Waals surface area (Å²) < 4.78 is 36.5. The molecule has 7 heteroatoms. The molecular formula is C21H22N2O4S. The molecule has 2 aromatic carbocycles. The van der Waals surface area contributed by atoms with Crippen molar-refractivity contribution in [2.45, 2.75) is 37.7 Å². The molecule has 0 aliphatic carbocycles. The lowest BCUT2D eigenvalue weighted by Gasteiger charge is -2.33. The van der Waals surface area contributed by atoms with Crippen molar-refractivity contribution in [1.82, 2.24) is 4.83 Å². The van der Waals surface area contributed by atoms with Gasteiger partial charge in [0.25, 0.3) is 10.0 Å². The Balaban J connectivity index is 1.91. The van der Waals surface area contributed by atoms with Crippen molar-refractivity contribution in [2.75, 3.05) is 6.61 Å². The summed E-state index contributed by atoms with van der Waals surface area (Å²) in [4.78, 5) is 2.50. The lowest BCUT2D eigenvalue weighted by Crippen LogP contribution is -2.37. The summed E-state index contributed by atoms with van der Waals surface area (Å²) in [6, 6.07) is 11.9. The molecule has 0 amide bonds. The summed E-state index contributed by atoms with van der Waals surface area (Å²) in [7, 11) is -3.76. The molecule has 0 radical (unpaired) electrons. The zero-order chi connectivity index (χ0) is 20.4. The summed E-state index contributed by atoms with van der Waals surface area (Å²) in [5.41, 5.74) is 1.73. The highest BCUT2D eigenvalue weighted by atomic mass is 32.2. The number of sulfonamides is 1. The quantitative estimate of drug-likeness (QED) is 0.620. The molecule has 3 rings (SSSR count). The van der Waals surface area contributed by atoms with Gasteiger partial charge in [-0.05, 0) is 45.0 Å². The minimum absolute atomic E-state index is 0.152. The average Bonchev–Trinajstić information content (AvgIpc) is 2.63. The van der Waals surface area contributed by atoms with E-state index in [9.17, 15) is 8.42 Å². The van der Waals surface area contributed by atoms with Crippen molar-refractivity contribution in [3.63, 3.8) is 0 Å². The van der Waals surface area contributed by atoms with Crippen LogP contribution in [0.2, 0.25) is 0 Å². The first-order valence-corrected chi connectivity index (χ1v) is 10.2. The molecule has 0 atom stereocenters. The van der Waals surface area contributed by atoms with Crippen LogP contribution in [0.3, 0.4) is 0 Å². The Morgan fingerprint density at radius 2 is 1.96 bits per heavy atom. The lowest BCUT2D eigenvalue weighted by atomic mass is 9.92. The van der Waals surface area contributed by atoms with Gasteiger partial charge in [-0.1, -0.05) is 23.6 Å². The number of hydrogen-bond acceptors (Lipinski definition) is 5. The first kappa shape index (κ1) is 19.8. The highest BCUT2D eigenvalue weighted by molar-refractivity contribution is 7.89. The first-order chi connectivity index (χ1) is 13.2. The van der Waals surface area contributed by atoms with Crippen LogP contribution in [0.15, 0.2) is 52.5 Å². The summed E-state index contributed by atoms with van der Waals surface area (Å²) in [6.07, 6.45) is 5.67. The molecule has 0 aromatic heterocycles. The predicted molar refractivity (Wildman–Crippen MR) is 108 cm³/mol. The van der Waals surface area contributed by atoms with Gasteiger partial charge in [0.15, 0.2) is 0 Å². The summed E-state index contributed by atoms with van der Waals surface area (Å²) >= 11 is 0. The molecule has 6 nitrogen and oxygen atoms in total. The zero-order valence-electron chi connectivity index (χ0n) is 16.0. The summed E-state index contributed by atoms with van der Waals surface area (Å²) in [5, 5.41) is 4.21. The number of terminal acetylenes is 1. The minimum atomic E-state index is -3.76. The number of rotatable bonds is 5. The van der Waals surface area contributed by atoms with E-state index in [2.05, 4.69) is 15.9 Å². The molecule has 1 N–H and O–H groups in total. The molecule has 28 heavy (non-hydrogen) atoms. The fraction of sp³-hybridized carbons (Fsp3) is 0.286. The molecule has 1 heterocycles. The fourth-order valence-electron chi connectivity index (χ4n) is 2.86. The first-order valence-electron chi connectivity index (χ1n) is 8.75. The Hall–Kier alpha value is -2.98. The van der Waals surface area contributed by atoms with E-state index < -0.39 is 15.6 Å². The third-order valence-electron chi connectivity index (χ3n) is 4.20. The molecule has 0 saturated carbocycles. The standard InChI is InChI=1S/C21H22N2O4S/c1-5-12-26-16-8-11-18-19(14-21(3,4)27-20(18)13-16)22-23-28(24,25)17-9-6-15(2)7-10-17/h1,6-11,13,23H,12,14H2,2-4H3. The number of benzene rings is 2. The summed E-state index contributed by atoms with van der Waals surface area (Å²) in [5.74, 6) is 3.56. The van der Waals surface area contributed by atoms with E-state index in [-0.39, 0.29) is 11.5 Å². The Bertz CT molecular complexity index is 1050. The third kappa shape index (κ3) is 4.46. The molecular weight excluding hydrogens is 376 g/mol. The number of hydrazone groups is 1. The van der Waals surface area contributed by atoms with Gasteiger partial charge in [-0.3, -0.25) is 0 Å². The highest BCUT2D eigenvalue weighted by Crippen LogP contribution is 2.36. The SMILES string of the molecule is C#CCOc1ccc2c(c1)OC(C)(C)CC2=NNS(=O)(=O)c1ccc(C)cc1. The van der Waals surface area contributed by atoms with Crippen LogP contribution in [0.1, 0.15) is 31.4 Å². The fourth-order valence-corrected chi connectivity index (χ4v) is 3.69. The third-order valence-corrected chi connectivity index (χ3v) is 5.42. The maximum absolute atomic E-state index is 12.5. The molecule has 0 spiro atoms. The van der Waals surface area contributed by atoms with Gasteiger partial charge in [-0.25, -0.2) is 0 Å². The highest BCUT2D eigenvalue weighted by Gasteiger charge is 2.32. The second-order valence-electron chi connectivity index (χ2n) is 7.16. The maximum Gasteiger partial charge on any atom is 0.276 e. The molecule has 1 aliphatic heterocycles. The van der Waals surface area contributed by atoms with Crippen molar-refractivity contribution >= 4 is 15.7 Å². The molecule has 0 saturated heterocycles. The number of nitrogens with zero attached hydrogens (tertiary/aromatic N) is 1. The van der Waals surface area contributed by atoms with Gasteiger partial charge >= 0.3 is 0 Å². The van der Waals surface area contributed by atoms with Crippen molar-refractivity contribution in [3.8, 4) is 23.8 Å². The largest absolute Gasteiger partial charge is 0.487 e. The van der Waals surface area contributed by atoms with Gasteiger partial charge in [-0.2, -0.15) is 18.4 Å². The van der Waals surface area contributed by atoms with E-state index in [1.165, 1.54) is 0 Å². The monoisotopic (exact) mass is 398 g/mol. The van der Waals surface area contributed by atoms with E-state index in [4.69, 9.17) is 15.9 Å². The smallest absolute Gasteiger partial charge is 0.276 e. The lowest BCUT2D eigenvalue weighted by molar-refractivity contribution is 0.111. The molecule has 0 fully saturated rings. The Morgan fingerprint density at radius 3 is 2.64 bits per heavy atom. The van der Waals surface area contributed by atoms with Crippen LogP contribution in [0, 0.1) is 19.3 Å². The van der Waals surface area contributed by atoms with E-state index in [0.717, 1.165) is 5.56 Å². The van der Waals surface area contributed by atoms with Gasteiger partial charge in [-0.15, -0.1) is 6.42 Å². The Kier molecular flexibility index (Phi) is 5.34. The molecule has 0 bridgehead atoms. The number of hydrogen-bond donors (Lipinski definition) is 1. The summed E-state index contributed by atoms with van der Waals surface area (Å²) in [6.45, 7) is 5.87. The van der Waals surface area contributed by atoms with Crippen LogP contribution in [-0.2, 0) is 10.0 Å². The van der Waals surface area contributed by atoms with E-state index in [1.807, 2.05) is 20.8 Å². The topological polar surface area (TPSA) is 77.0 Å². The van der Waals surface area contributed by atoms with Gasteiger partial charge in [0, 0.05) is 18.1 Å². The van der Waals surface area contributed by atoms with E-state index in [0.29, 0.717) is 29.2 Å². The second-order valence-corrected chi connectivity index (χ2v) is 8.82. The van der Waals surface area contributed by atoms with Gasteiger partial charge in [0.2, 0.25) is 0 Å². The zero-order valence-corrected chi connectivity index (χ0v) is 16.8. The van der Waals surface area contributed by atoms with Crippen molar-refractivity contribution in [2.24, 2.45) is 5.10 Å². The van der Waals surface area contributed by atoms with E-state index >= 15 is 0 Å². The molecule has 1 aliphatic rings. The Labute approximate surface area is 165 Å². The van der Waals surface area contributed by atoms with Gasteiger partial charge < -0.3 is 9.47 Å². The van der Waals surface area contributed by atoms with Crippen LogP contribution < -0.4 is 14.3 Å². The van der Waals surface area contributed by atoms with Crippen molar-refractivity contribution in [3.05, 3.63) is 53.6 Å². The van der Waals surface area contributed by atoms with Crippen molar-refractivity contribution in [1.29, 1.82) is 0 Å². The molecule has 0 unspecified atom stereocenters. The second kappa shape index (κ2) is 7.56. The molecule has 2 aromatic rings. The molecule has 146 valence electrons. The van der Waals surface area contributed by atoms with E-state index in [1.54, 1.807) is 42.5 Å². The van der Waals surface area contributed by atoms with Crippen LogP contribution in [0.5, 0.6) is 11.5 Å². The number of ether oxygens (including phenoxy) is 2. The average molecular weight is 398 g/mol. The Morgan fingerprint density at radius 1 is 1.25 bits per heavy atom. The van der Waals surface area contributed by atoms with Crippen LogP contribution in [0.25, 0.3) is 0 Å². The van der Waals surface area contributed by atoms with Crippen LogP contribution in [-0.4, -0.2) is 26.3 Å². The normalized spacial score (nSPS) is 16.6.